The van der Waals surface area contributed by atoms with Crippen LogP contribution in [0.1, 0.15) is 33.1 Å². The minimum Gasteiger partial charge on any atom is -0.311 e. The Morgan fingerprint density at radius 2 is 1.88 bits per heavy atom. The molecule has 3 nitrogen and oxygen atoms in total. The molecule has 0 saturated carbocycles. The van der Waals surface area contributed by atoms with Gasteiger partial charge in [-0.05, 0) is 39.2 Å². The van der Waals surface area contributed by atoms with E-state index < -0.39 is 10.8 Å². The maximum atomic E-state index is 11.3. The molecule has 2 aliphatic rings. The van der Waals surface area contributed by atoms with Crippen LogP contribution in [0.15, 0.2) is 0 Å². The van der Waals surface area contributed by atoms with Crippen LogP contribution in [0.2, 0.25) is 0 Å². The molecule has 2 heterocycles. The van der Waals surface area contributed by atoms with Crippen molar-refractivity contribution < 1.29 is 4.21 Å². The van der Waals surface area contributed by atoms with Gasteiger partial charge in [-0.2, -0.15) is 0 Å². The van der Waals surface area contributed by atoms with Crippen LogP contribution in [-0.2, 0) is 10.8 Å². The number of rotatable bonds is 2. The van der Waals surface area contributed by atoms with E-state index in [0.29, 0.717) is 18.1 Å². The average molecular weight is 258 g/mol. The lowest BCUT2D eigenvalue weighted by molar-refractivity contribution is 0.114. The molecule has 2 saturated heterocycles. The molecule has 0 bridgehead atoms. The Morgan fingerprint density at radius 3 is 2.53 bits per heavy atom. The molecular weight excluding hydrogens is 232 g/mol. The van der Waals surface area contributed by atoms with Crippen LogP contribution >= 0.6 is 0 Å². The molecule has 2 rings (SSSR count). The predicted octanol–water partition coefficient (Wildman–Crippen LogP) is 1.22. The molecule has 17 heavy (non-hydrogen) atoms. The van der Waals surface area contributed by atoms with Crippen molar-refractivity contribution in [1.82, 2.24) is 10.2 Å². The fourth-order valence-electron chi connectivity index (χ4n) is 3.04. The van der Waals surface area contributed by atoms with Crippen molar-refractivity contribution in [2.45, 2.75) is 51.2 Å². The Hall–Kier alpha value is 0.0700. The van der Waals surface area contributed by atoms with Crippen LogP contribution in [-0.4, -0.2) is 52.3 Å². The summed E-state index contributed by atoms with van der Waals surface area (Å²) in [5.41, 5.74) is 0. The Bertz CT molecular complexity index is 275. The van der Waals surface area contributed by atoms with Crippen LogP contribution in [0.4, 0.5) is 0 Å². The van der Waals surface area contributed by atoms with Crippen molar-refractivity contribution in [3.05, 3.63) is 0 Å². The van der Waals surface area contributed by atoms with Crippen LogP contribution in [0, 0.1) is 5.92 Å². The molecule has 2 aliphatic heterocycles. The fraction of sp³-hybridized carbons (Fsp3) is 1.00. The lowest BCUT2D eigenvalue weighted by Crippen LogP contribution is -2.54. The van der Waals surface area contributed by atoms with E-state index in [-0.39, 0.29) is 0 Å². The Labute approximate surface area is 108 Å². The second-order valence-electron chi connectivity index (χ2n) is 5.90. The largest absolute Gasteiger partial charge is 0.311 e. The maximum Gasteiger partial charge on any atom is 0.0249 e. The molecule has 100 valence electrons. The zero-order chi connectivity index (χ0) is 12.4. The molecule has 0 aromatic rings. The standard InChI is InChI=1S/C13H26N2OS/c1-10-9-15(3)11(2)8-13(10)14-12-4-6-17(16)7-5-12/h10-14H,4-9H2,1-3H3. The van der Waals surface area contributed by atoms with E-state index in [2.05, 4.69) is 31.1 Å². The van der Waals surface area contributed by atoms with Gasteiger partial charge in [-0.25, -0.2) is 0 Å². The van der Waals surface area contributed by atoms with Gasteiger partial charge in [-0.3, -0.25) is 4.21 Å². The highest BCUT2D eigenvalue weighted by Crippen LogP contribution is 2.22. The number of hydrogen-bond acceptors (Lipinski definition) is 3. The molecule has 0 amide bonds. The number of nitrogens with one attached hydrogen (secondary N) is 1. The molecule has 3 unspecified atom stereocenters. The second-order valence-corrected chi connectivity index (χ2v) is 7.59. The lowest BCUT2D eigenvalue weighted by atomic mass is 9.89. The van der Waals surface area contributed by atoms with Crippen molar-refractivity contribution in [2.24, 2.45) is 5.92 Å². The number of hydrogen-bond donors (Lipinski definition) is 1. The van der Waals surface area contributed by atoms with Gasteiger partial charge < -0.3 is 10.2 Å². The molecule has 0 aliphatic carbocycles. The third-order valence-corrected chi connectivity index (χ3v) is 5.83. The summed E-state index contributed by atoms with van der Waals surface area (Å²) in [6.07, 6.45) is 3.44. The number of piperidine rings is 1. The van der Waals surface area contributed by atoms with E-state index in [9.17, 15) is 4.21 Å². The van der Waals surface area contributed by atoms with Gasteiger partial charge in [0.1, 0.15) is 0 Å². The van der Waals surface area contributed by atoms with Gasteiger partial charge in [-0.1, -0.05) is 6.92 Å². The molecule has 0 radical (unpaired) electrons. The first-order valence-corrected chi connectivity index (χ1v) is 8.36. The highest BCUT2D eigenvalue weighted by Gasteiger charge is 2.30. The van der Waals surface area contributed by atoms with E-state index >= 15 is 0 Å². The van der Waals surface area contributed by atoms with Gasteiger partial charge in [0.2, 0.25) is 0 Å². The van der Waals surface area contributed by atoms with Crippen molar-refractivity contribution in [1.29, 1.82) is 0 Å². The van der Waals surface area contributed by atoms with Gasteiger partial charge in [-0.15, -0.1) is 0 Å². The summed E-state index contributed by atoms with van der Waals surface area (Å²) in [5.74, 6) is 2.52. The topological polar surface area (TPSA) is 32.3 Å². The SMILES string of the molecule is CC1CN(C)C(C)CC1NC1CCS(=O)CC1. The lowest BCUT2D eigenvalue weighted by Gasteiger charge is -2.42. The quantitative estimate of drug-likeness (QED) is 0.808. The van der Waals surface area contributed by atoms with Gasteiger partial charge in [0.15, 0.2) is 0 Å². The zero-order valence-corrected chi connectivity index (χ0v) is 12.1. The number of likely N-dealkylation sites (tertiary alicyclic amines) is 1. The molecule has 4 heteroatoms. The smallest absolute Gasteiger partial charge is 0.0249 e. The van der Waals surface area contributed by atoms with E-state index in [1.165, 1.54) is 13.0 Å². The Morgan fingerprint density at radius 1 is 1.24 bits per heavy atom. The highest BCUT2D eigenvalue weighted by molar-refractivity contribution is 7.85. The average Bonchev–Trinajstić information content (AvgIpc) is 2.29. The van der Waals surface area contributed by atoms with E-state index in [0.717, 1.165) is 30.3 Å². The van der Waals surface area contributed by atoms with Gasteiger partial charge in [0, 0.05) is 47.0 Å². The van der Waals surface area contributed by atoms with Crippen LogP contribution < -0.4 is 5.32 Å². The van der Waals surface area contributed by atoms with Crippen LogP contribution in [0.25, 0.3) is 0 Å². The molecular formula is C13H26N2OS. The normalized spacial score (nSPS) is 44.8. The predicted molar refractivity (Wildman–Crippen MR) is 73.7 cm³/mol. The van der Waals surface area contributed by atoms with Crippen molar-refractivity contribution in [2.75, 3.05) is 25.1 Å². The summed E-state index contributed by atoms with van der Waals surface area (Å²) in [7, 11) is 1.69. The van der Waals surface area contributed by atoms with Crippen molar-refractivity contribution >= 4 is 10.8 Å². The van der Waals surface area contributed by atoms with Crippen LogP contribution in [0.5, 0.6) is 0 Å². The van der Waals surface area contributed by atoms with Gasteiger partial charge in [0.05, 0.1) is 0 Å². The molecule has 0 aromatic heterocycles. The van der Waals surface area contributed by atoms with E-state index in [4.69, 9.17) is 0 Å². The molecule has 2 fully saturated rings. The fourth-order valence-corrected chi connectivity index (χ4v) is 4.34. The zero-order valence-electron chi connectivity index (χ0n) is 11.3. The maximum absolute atomic E-state index is 11.3. The molecule has 0 spiro atoms. The molecule has 3 atom stereocenters. The van der Waals surface area contributed by atoms with Gasteiger partial charge in [0.25, 0.3) is 0 Å². The van der Waals surface area contributed by atoms with E-state index in [1.807, 2.05) is 0 Å². The van der Waals surface area contributed by atoms with Crippen molar-refractivity contribution in [3.63, 3.8) is 0 Å². The third kappa shape index (κ3) is 3.52. The summed E-state index contributed by atoms with van der Waals surface area (Å²) in [6.45, 7) is 5.86. The minimum absolute atomic E-state index is 0.537. The summed E-state index contributed by atoms with van der Waals surface area (Å²) in [5, 5.41) is 3.82. The van der Waals surface area contributed by atoms with Crippen molar-refractivity contribution in [3.8, 4) is 0 Å². The molecule has 1 N–H and O–H groups in total. The monoisotopic (exact) mass is 258 g/mol. The Balaban J connectivity index is 1.83. The summed E-state index contributed by atoms with van der Waals surface area (Å²) in [6, 6.07) is 1.94. The third-order valence-electron chi connectivity index (χ3n) is 4.45. The minimum atomic E-state index is -0.537. The number of nitrogens with zero attached hydrogens (tertiary/aromatic N) is 1. The first kappa shape index (κ1) is 13.5. The first-order chi connectivity index (χ1) is 8.06. The first-order valence-electron chi connectivity index (χ1n) is 6.87. The van der Waals surface area contributed by atoms with Gasteiger partial charge >= 0.3 is 0 Å². The Kier molecular flexibility index (Phi) is 4.61. The van der Waals surface area contributed by atoms with E-state index in [1.54, 1.807) is 0 Å². The summed E-state index contributed by atoms with van der Waals surface area (Å²) < 4.78 is 11.3. The highest BCUT2D eigenvalue weighted by atomic mass is 32.2. The summed E-state index contributed by atoms with van der Waals surface area (Å²) in [4.78, 5) is 2.46. The van der Waals surface area contributed by atoms with Crippen LogP contribution in [0.3, 0.4) is 0 Å². The summed E-state index contributed by atoms with van der Waals surface area (Å²) >= 11 is 0. The second kappa shape index (κ2) is 5.81. The molecule has 0 aromatic carbocycles.